The predicted molar refractivity (Wildman–Crippen MR) is 157 cm³/mol. The molecule has 0 spiro atoms. The molecule has 42 heavy (non-hydrogen) atoms. The molecule has 1 amide bonds. The molecule has 1 aliphatic heterocycles. The summed E-state index contributed by atoms with van der Waals surface area (Å²) in [5.41, 5.74) is 8.81. The van der Waals surface area contributed by atoms with Crippen LogP contribution in [0.25, 0.3) is 28.4 Å². The number of aromatic nitrogens is 6. The number of anilines is 2. The highest BCUT2D eigenvalue weighted by Crippen LogP contribution is 2.24. The molecule has 5 aromatic rings. The Bertz CT molecular complexity index is 1700. The number of carbonyl (C=O) groups is 1. The lowest BCUT2D eigenvalue weighted by molar-refractivity contribution is 0.0934. The topological polar surface area (TPSA) is 139 Å². The average molecular weight is 576 g/mol. The second-order valence-electron chi connectivity index (χ2n) is 10.9. The highest BCUT2D eigenvalue weighted by Gasteiger charge is 2.22. The Morgan fingerprint density at radius 3 is 2.67 bits per heavy atom. The molecule has 14 heteroatoms. The number of nitrogen functional groups attached to an aromatic ring is 1. The van der Waals surface area contributed by atoms with Gasteiger partial charge in [-0.25, -0.2) is 14.4 Å². The molecule has 0 saturated carbocycles. The zero-order valence-electron chi connectivity index (χ0n) is 23.9. The first-order valence-electron chi connectivity index (χ1n) is 13.9. The molecular weight excluding hydrogens is 541 g/mol. The minimum absolute atomic E-state index is 0.0411. The van der Waals surface area contributed by atoms with Crippen LogP contribution < -0.4 is 16.0 Å². The molecule has 1 unspecified atom stereocenters. The van der Waals surface area contributed by atoms with Crippen LogP contribution in [-0.2, 0) is 6.54 Å². The monoisotopic (exact) mass is 575 g/mol. The van der Waals surface area contributed by atoms with Crippen molar-refractivity contribution in [1.29, 1.82) is 0 Å². The van der Waals surface area contributed by atoms with Crippen molar-refractivity contribution in [1.82, 2.24) is 44.2 Å². The van der Waals surface area contributed by atoms with Crippen LogP contribution in [0.4, 0.5) is 16.0 Å². The first-order chi connectivity index (χ1) is 20.3. The van der Waals surface area contributed by atoms with E-state index in [2.05, 4.69) is 30.3 Å². The summed E-state index contributed by atoms with van der Waals surface area (Å²) in [6, 6.07) is 8.23. The summed E-state index contributed by atoms with van der Waals surface area (Å²) in [5.74, 6) is 0.506. The fraction of sp³-hybridized carbons (Fsp3) is 0.393. The van der Waals surface area contributed by atoms with Gasteiger partial charge in [0, 0.05) is 57.4 Å². The lowest BCUT2D eigenvalue weighted by Crippen LogP contribution is -2.47. The van der Waals surface area contributed by atoms with Gasteiger partial charge in [0.15, 0.2) is 22.6 Å². The average Bonchev–Trinajstić information content (AvgIpc) is 3.72. The molecule has 1 aliphatic rings. The SMILES string of the molecule is CC(CN(C)C)NC(=O)c1ccc(N2CCN(CCn3cnc4c3nc(N)n3nc(-c5ccco5)nc43)CC2)c(F)c1. The maximum atomic E-state index is 15.1. The van der Waals surface area contributed by atoms with Crippen molar-refractivity contribution < 1.29 is 13.6 Å². The van der Waals surface area contributed by atoms with Gasteiger partial charge in [0.25, 0.3) is 5.91 Å². The van der Waals surface area contributed by atoms with Crippen LogP contribution in [0.1, 0.15) is 17.3 Å². The van der Waals surface area contributed by atoms with Crippen molar-refractivity contribution in [3.8, 4) is 11.6 Å². The van der Waals surface area contributed by atoms with Gasteiger partial charge in [0.2, 0.25) is 11.8 Å². The van der Waals surface area contributed by atoms with Crippen molar-refractivity contribution in [2.45, 2.75) is 19.5 Å². The summed E-state index contributed by atoms with van der Waals surface area (Å²) >= 11 is 0. The lowest BCUT2D eigenvalue weighted by atomic mass is 10.1. The molecule has 0 bridgehead atoms. The van der Waals surface area contributed by atoms with Crippen LogP contribution >= 0.6 is 0 Å². The number of nitrogens with two attached hydrogens (primary N) is 1. The quantitative estimate of drug-likeness (QED) is 0.268. The van der Waals surface area contributed by atoms with Crippen LogP contribution in [0.3, 0.4) is 0 Å². The van der Waals surface area contributed by atoms with Crippen LogP contribution in [0.5, 0.6) is 0 Å². The van der Waals surface area contributed by atoms with Gasteiger partial charge in [-0.1, -0.05) is 0 Å². The molecule has 6 rings (SSSR count). The van der Waals surface area contributed by atoms with E-state index in [9.17, 15) is 4.79 Å². The summed E-state index contributed by atoms with van der Waals surface area (Å²) in [6.07, 6.45) is 3.30. The fourth-order valence-corrected chi connectivity index (χ4v) is 5.37. The zero-order valence-corrected chi connectivity index (χ0v) is 23.9. The lowest BCUT2D eigenvalue weighted by Gasteiger charge is -2.36. The van der Waals surface area contributed by atoms with Crippen LogP contribution in [0, 0.1) is 5.82 Å². The third kappa shape index (κ3) is 5.50. The molecule has 1 atom stereocenters. The van der Waals surface area contributed by atoms with Crippen molar-refractivity contribution >= 4 is 34.4 Å². The summed E-state index contributed by atoms with van der Waals surface area (Å²) < 4.78 is 23.9. The van der Waals surface area contributed by atoms with Crippen LogP contribution in [-0.4, -0.2) is 104 Å². The van der Waals surface area contributed by atoms with Gasteiger partial charge in [-0.05, 0) is 51.4 Å². The number of likely N-dealkylation sites (N-methyl/N-ethyl adjacent to an activating group) is 1. The number of halogens is 1. The molecule has 4 aromatic heterocycles. The molecule has 13 nitrogen and oxygen atoms in total. The molecule has 1 fully saturated rings. The predicted octanol–water partition coefficient (Wildman–Crippen LogP) is 1.96. The molecular formula is C28H34FN11O2. The number of amides is 1. The Morgan fingerprint density at radius 1 is 1.14 bits per heavy atom. The molecule has 220 valence electrons. The molecule has 0 radical (unpaired) electrons. The van der Waals surface area contributed by atoms with Crippen molar-refractivity contribution in [3.05, 3.63) is 54.3 Å². The molecule has 1 saturated heterocycles. The van der Waals surface area contributed by atoms with E-state index in [4.69, 9.17) is 10.2 Å². The van der Waals surface area contributed by atoms with Crippen molar-refractivity contribution in [2.75, 3.05) is 64.0 Å². The third-order valence-electron chi connectivity index (χ3n) is 7.40. The van der Waals surface area contributed by atoms with E-state index in [1.54, 1.807) is 36.9 Å². The summed E-state index contributed by atoms with van der Waals surface area (Å²) in [7, 11) is 3.89. The Hall–Kier alpha value is -4.56. The van der Waals surface area contributed by atoms with E-state index in [1.807, 2.05) is 35.4 Å². The van der Waals surface area contributed by atoms with Gasteiger partial charge in [-0.2, -0.15) is 9.50 Å². The highest BCUT2D eigenvalue weighted by atomic mass is 19.1. The van der Waals surface area contributed by atoms with Crippen molar-refractivity contribution in [2.24, 2.45) is 0 Å². The van der Waals surface area contributed by atoms with E-state index < -0.39 is 0 Å². The molecule has 1 aromatic carbocycles. The van der Waals surface area contributed by atoms with Gasteiger partial charge in [0.1, 0.15) is 5.82 Å². The largest absolute Gasteiger partial charge is 0.461 e. The first kappa shape index (κ1) is 27.6. The Morgan fingerprint density at radius 2 is 1.95 bits per heavy atom. The number of hydrogen-bond acceptors (Lipinski definition) is 10. The van der Waals surface area contributed by atoms with E-state index in [0.717, 1.165) is 19.6 Å². The standard InChI is InChI=1S/C28H34FN11O2/c1-18(16-36(2)3)32-27(41)19-6-7-21(20(29)15-19)38-11-8-37(9-12-38)10-13-39-17-31-23-25(39)34-28(30)40-26(23)33-24(35-40)22-5-4-14-42-22/h4-7,14-15,17-18H,8-13,16H2,1-3H3,(H2,30,34)(H,32,41). The van der Waals surface area contributed by atoms with E-state index in [-0.39, 0.29) is 23.7 Å². The zero-order chi connectivity index (χ0) is 29.4. The van der Waals surface area contributed by atoms with Crippen molar-refractivity contribution in [3.63, 3.8) is 0 Å². The normalized spacial score (nSPS) is 15.2. The second kappa shape index (κ2) is 11.4. The van der Waals surface area contributed by atoms with Crippen LogP contribution in [0.2, 0.25) is 0 Å². The number of carbonyl (C=O) groups excluding carboxylic acids is 1. The number of hydrogen-bond donors (Lipinski definition) is 2. The minimum atomic E-state index is -0.389. The molecule has 3 N–H and O–H groups in total. The second-order valence-corrected chi connectivity index (χ2v) is 10.9. The number of benzene rings is 1. The number of rotatable bonds is 9. The number of imidazole rings is 1. The van der Waals surface area contributed by atoms with E-state index >= 15 is 4.39 Å². The van der Waals surface area contributed by atoms with Gasteiger partial charge < -0.3 is 29.8 Å². The Kier molecular flexibility index (Phi) is 7.47. The van der Waals surface area contributed by atoms with Gasteiger partial charge >= 0.3 is 0 Å². The van der Waals surface area contributed by atoms with Gasteiger partial charge in [-0.15, -0.1) is 5.10 Å². The van der Waals surface area contributed by atoms with Crippen LogP contribution in [0.15, 0.2) is 47.3 Å². The summed E-state index contributed by atoms with van der Waals surface area (Å²) in [4.78, 5) is 32.6. The maximum Gasteiger partial charge on any atom is 0.251 e. The number of nitrogens with zero attached hydrogens (tertiary/aromatic N) is 9. The number of piperazine rings is 1. The number of fused-ring (bicyclic) bond motifs is 3. The Balaban J connectivity index is 1.07. The summed E-state index contributed by atoms with van der Waals surface area (Å²) in [5, 5.41) is 7.34. The summed E-state index contributed by atoms with van der Waals surface area (Å²) in [6.45, 7) is 6.95. The smallest absolute Gasteiger partial charge is 0.251 e. The van der Waals surface area contributed by atoms with E-state index in [1.165, 1.54) is 10.6 Å². The number of nitrogens with one attached hydrogen (secondary N) is 1. The number of furan rings is 1. The minimum Gasteiger partial charge on any atom is -0.461 e. The highest BCUT2D eigenvalue weighted by molar-refractivity contribution is 5.94. The maximum absolute atomic E-state index is 15.1. The molecule has 0 aliphatic carbocycles. The third-order valence-corrected chi connectivity index (χ3v) is 7.40. The van der Waals surface area contributed by atoms with Gasteiger partial charge in [-0.3, -0.25) is 9.69 Å². The van der Waals surface area contributed by atoms with E-state index in [0.29, 0.717) is 65.8 Å². The van der Waals surface area contributed by atoms with Gasteiger partial charge in [0.05, 0.1) is 18.3 Å². The Labute approximate surface area is 241 Å². The first-order valence-corrected chi connectivity index (χ1v) is 13.9. The fourth-order valence-electron chi connectivity index (χ4n) is 5.37. The molecule has 5 heterocycles.